The molecule has 0 radical (unpaired) electrons. The van der Waals surface area contributed by atoms with Crippen molar-refractivity contribution in [2.75, 3.05) is 5.73 Å². The van der Waals surface area contributed by atoms with E-state index >= 15 is 0 Å². The zero-order valence-electron chi connectivity index (χ0n) is 9.95. The summed E-state index contributed by atoms with van der Waals surface area (Å²) in [7, 11) is 0. The molecule has 0 aliphatic carbocycles. The minimum Gasteiger partial charge on any atom is -0.384 e. The fraction of sp³-hybridized carbons (Fsp3) is 0.231. The Balaban J connectivity index is 2.46. The number of anilines is 1. The third-order valence-corrected chi connectivity index (χ3v) is 4.36. The normalized spacial score (nSPS) is 10.6. The minimum absolute atomic E-state index is 0.516. The molecule has 0 aliphatic rings. The highest BCUT2D eigenvalue weighted by molar-refractivity contribution is 9.13. The van der Waals surface area contributed by atoms with E-state index in [0.29, 0.717) is 11.6 Å². The number of nitrogen functional groups attached to an aromatic ring is 1. The van der Waals surface area contributed by atoms with Crippen molar-refractivity contribution in [3.63, 3.8) is 0 Å². The molecule has 18 heavy (non-hydrogen) atoms. The SMILES string of the molecule is CCCc1cc(N)nc(-c2ccc(Br)c(Br)c2)n1. The van der Waals surface area contributed by atoms with Crippen molar-refractivity contribution < 1.29 is 0 Å². The van der Waals surface area contributed by atoms with Crippen LogP contribution in [0.1, 0.15) is 19.0 Å². The molecule has 2 aromatic rings. The van der Waals surface area contributed by atoms with E-state index < -0.39 is 0 Å². The summed E-state index contributed by atoms with van der Waals surface area (Å²) >= 11 is 6.92. The van der Waals surface area contributed by atoms with Crippen LogP contribution in [0, 0.1) is 0 Å². The molecule has 0 amide bonds. The number of benzene rings is 1. The van der Waals surface area contributed by atoms with Gasteiger partial charge in [-0.15, -0.1) is 0 Å². The van der Waals surface area contributed by atoms with Gasteiger partial charge in [0.15, 0.2) is 5.82 Å². The quantitative estimate of drug-likeness (QED) is 0.880. The summed E-state index contributed by atoms with van der Waals surface area (Å²) in [5.74, 6) is 1.19. The summed E-state index contributed by atoms with van der Waals surface area (Å²) in [5, 5.41) is 0. The van der Waals surface area contributed by atoms with Crippen LogP contribution in [0.5, 0.6) is 0 Å². The molecule has 1 aromatic heterocycles. The van der Waals surface area contributed by atoms with E-state index in [0.717, 1.165) is 33.0 Å². The highest BCUT2D eigenvalue weighted by Crippen LogP contribution is 2.28. The molecule has 0 saturated carbocycles. The van der Waals surface area contributed by atoms with E-state index in [-0.39, 0.29) is 0 Å². The summed E-state index contributed by atoms with van der Waals surface area (Å²) in [5.41, 5.74) is 7.76. The number of nitrogens with two attached hydrogens (primary N) is 1. The highest BCUT2D eigenvalue weighted by atomic mass is 79.9. The average molecular weight is 371 g/mol. The van der Waals surface area contributed by atoms with Gasteiger partial charge in [0.2, 0.25) is 0 Å². The van der Waals surface area contributed by atoms with Crippen molar-refractivity contribution in [3.05, 3.63) is 38.9 Å². The summed E-state index contributed by atoms with van der Waals surface area (Å²) in [6, 6.07) is 7.75. The lowest BCUT2D eigenvalue weighted by molar-refractivity contribution is 0.877. The minimum atomic E-state index is 0.516. The summed E-state index contributed by atoms with van der Waals surface area (Å²) in [6.45, 7) is 2.12. The molecule has 0 saturated heterocycles. The van der Waals surface area contributed by atoms with Crippen LogP contribution >= 0.6 is 31.9 Å². The van der Waals surface area contributed by atoms with Gasteiger partial charge in [0, 0.05) is 26.3 Å². The number of nitrogens with zero attached hydrogens (tertiary/aromatic N) is 2. The molecule has 0 aliphatic heterocycles. The third kappa shape index (κ3) is 3.09. The van der Waals surface area contributed by atoms with Gasteiger partial charge < -0.3 is 5.73 Å². The van der Waals surface area contributed by atoms with Crippen LogP contribution in [-0.2, 0) is 6.42 Å². The molecular formula is C13H13Br2N3. The second-order valence-electron chi connectivity index (χ2n) is 3.99. The zero-order chi connectivity index (χ0) is 13.1. The van der Waals surface area contributed by atoms with Crippen molar-refractivity contribution in [2.24, 2.45) is 0 Å². The molecule has 0 atom stereocenters. The molecule has 0 fully saturated rings. The lowest BCUT2D eigenvalue weighted by atomic mass is 10.2. The molecule has 2 N–H and O–H groups in total. The predicted molar refractivity (Wildman–Crippen MR) is 81.3 cm³/mol. The van der Waals surface area contributed by atoms with Crippen LogP contribution in [-0.4, -0.2) is 9.97 Å². The monoisotopic (exact) mass is 369 g/mol. The summed E-state index contributed by atoms with van der Waals surface area (Å²) in [6.07, 6.45) is 1.96. The van der Waals surface area contributed by atoms with Crippen molar-refractivity contribution in [3.8, 4) is 11.4 Å². The van der Waals surface area contributed by atoms with Gasteiger partial charge in [-0.1, -0.05) is 13.3 Å². The predicted octanol–water partition coefficient (Wildman–Crippen LogP) is 4.20. The zero-order valence-corrected chi connectivity index (χ0v) is 13.1. The number of aromatic nitrogens is 2. The number of rotatable bonds is 3. The molecule has 0 bridgehead atoms. The molecule has 5 heteroatoms. The van der Waals surface area contributed by atoms with Gasteiger partial charge in [0.05, 0.1) is 0 Å². The van der Waals surface area contributed by atoms with Gasteiger partial charge in [-0.2, -0.15) is 0 Å². The Bertz CT molecular complexity index is 570. The fourth-order valence-corrected chi connectivity index (χ4v) is 2.29. The lowest BCUT2D eigenvalue weighted by Crippen LogP contribution is -2.00. The van der Waals surface area contributed by atoms with Gasteiger partial charge in [-0.3, -0.25) is 0 Å². The second-order valence-corrected chi connectivity index (χ2v) is 5.70. The number of aryl methyl sites for hydroxylation is 1. The number of halogens is 2. The van der Waals surface area contributed by atoms with E-state index in [1.165, 1.54) is 0 Å². The maximum absolute atomic E-state index is 5.82. The summed E-state index contributed by atoms with van der Waals surface area (Å²) in [4.78, 5) is 8.82. The maximum atomic E-state index is 5.82. The Morgan fingerprint density at radius 2 is 1.89 bits per heavy atom. The van der Waals surface area contributed by atoms with Crippen molar-refractivity contribution in [2.45, 2.75) is 19.8 Å². The maximum Gasteiger partial charge on any atom is 0.161 e. The van der Waals surface area contributed by atoms with Crippen LogP contribution in [0.25, 0.3) is 11.4 Å². The first-order chi connectivity index (χ1) is 8.60. The topological polar surface area (TPSA) is 51.8 Å². The molecule has 94 valence electrons. The Morgan fingerprint density at radius 3 is 2.56 bits per heavy atom. The van der Waals surface area contributed by atoms with E-state index in [4.69, 9.17) is 5.73 Å². The Labute approximate surface area is 123 Å². The number of hydrogen-bond acceptors (Lipinski definition) is 3. The largest absolute Gasteiger partial charge is 0.384 e. The van der Waals surface area contributed by atoms with Crippen molar-refractivity contribution in [1.82, 2.24) is 9.97 Å². The first-order valence-corrected chi connectivity index (χ1v) is 7.27. The number of hydrogen-bond donors (Lipinski definition) is 1. The smallest absolute Gasteiger partial charge is 0.161 e. The Hall–Kier alpha value is -0.940. The third-order valence-electron chi connectivity index (χ3n) is 2.48. The molecule has 2 rings (SSSR count). The second kappa shape index (κ2) is 5.80. The van der Waals surface area contributed by atoms with Crippen LogP contribution in [0.2, 0.25) is 0 Å². The highest BCUT2D eigenvalue weighted by Gasteiger charge is 2.07. The Kier molecular flexibility index (Phi) is 4.35. The van der Waals surface area contributed by atoms with Gasteiger partial charge in [-0.25, -0.2) is 9.97 Å². The van der Waals surface area contributed by atoms with Crippen LogP contribution in [0.15, 0.2) is 33.2 Å². The van der Waals surface area contributed by atoms with E-state index in [1.54, 1.807) is 0 Å². The van der Waals surface area contributed by atoms with E-state index in [9.17, 15) is 0 Å². The van der Waals surface area contributed by atoms with Crippen molar-refractivity contribution >= 4 is 37.7 Å². The molecule has 3 nitrogen and oxygen atoms in total. The van der Waals surface area contributed by atoms with Gasteiger partial charge in [0.25, 0.3) is 0 Å². The van der Waals surface area contributed by atoms with Crippen LogP contribution < -0.4 is 5.73 Å². The molecular weight excluding hydrogens is 358 g/mol. The summed E-state index contributed by atoms with van der Waals surface area (Å²) < 4.78 is 1.98. The van der Waals surface area contributed by atoms with Gasteiger partial charge in [0.1, 0.15) is 5.82 Å². The molecule has 0 spiro atoms. The average Bonchev–Trinajstić information content (AvgIpc) is 2.32. The molecule has 1 aromatic carbocycles. The first-order valence-electron chi connectivity index (χ1n) is 5.69. The van der Waals surface area contributed by atoms with Crippen LogP contribution in [0.3, 0.4) is 0 Å². The standard InChI is InChI=1S/C13H13Br2N3/c1-2-3-9-7-12(16)18-13(17-9)8-4-5-10(14)11(15)6-8/h4-7H,2-3H2,1H3,(H2,16,17,18). The van der Waals surface area contributed by atoms with Gasteiger partial charge >= 0.3 is 0 Å². The van der Waals surface area contributed by atoms with E-state index in [1.807, 2.05) is 24.3 Å². The molecule has 1 heterocycles. The molecule has 0 unspecified atom stereocenters. The van der Waals surface area contributed by atoms with E-state index in [2.05, 4.69) is 48.8 Å². The first kappa shape index (κ1) is 13.5. The van der Waals surface area contributed by atoms with Crippen LogP contribution in [0.4, 0.5) is 5.82 Å². The lowest BCUT2D eigenvalue weighted by Gasteiger charge is -2.06. The van der Waals surface area contributed by atoms with Crippen molar-refractivity contribution in [1.29, 1.82) is 0 Å². The Morgan fingerprint density at radius 1 is 1.11 bits per heavy atom. The fourth-order valence-electron chi connectivity index (χ4n) is 1.67. The van der Waals surface area contributed by atoms with Gasteiger partial charge in [-0.05, 0) is 56.5 Å².